The van der Waals surface area contributed by atoms with E-state index in [1.807, 2.05) is 46.2 Å². The van der Waals surface area contributed by atoms with Gasteiger partial charge < -0.3 is 0 Å². The van der Waals surface area contributed by atoms with Gasteiger partial charge in [0, 0.05) is 35.9 Å². The summed E-state index contributed by atoms with van der Waals surface area (Å²) in [5.41, 5.74) is 5.37. The van der Waals surface area contributed by atoms with Gasteiger partial charge in [-0.05, 0) is 36.8 Å². The Labute approximate surface area is 146 Å². The third-order valence-electron chi connectivity index (χ3n) is 4.20. The summed E-state index contributed by atoms with van der Waals surface area (Å²) in [6.07, 6.45) is 7.60. The van der Waals surface area contributed by atoms with Gasteiger partial charge in [-0.15, -0.1) is 0 Å². The van der Waals surface area contributed by atoms with Gasteiger partial charge >= 0.3 is 0 Å². The Balaban J connectivity index is 1.56. The molecule has 0 saturated heterocycles. The molecule has 3 aromatic heterocycles. The van der Waals surface area contributed by atoms with Crippen LogP contribution in [0, 0.1) is 6.92 Å². The van der Waals surface area contributed by atoms with Gasteiger partial charge in [-0.3, -0.25) is 14.3 Å². The normalized spacial score (nSPS) is 10.9. The zero-order valence-electron chi connectivity index (χ0n) is 14.1. The van der Waals surface area contributed by atoms with Crippen LogP contribution >= 0.6 is 0 Å². The molecular weight excluding hydrogens is 310 g/mol. The summed E-state index contributed by atoms with van der Waals surface area (Å²) in [6, 6.07) is 16.4. The first-order valence-corrected chi connectivity index (χ1v) is 8.33. The van der Waals surface area contributed by atoms with E-state index in [9.17, 15) is 0 Å². The molecule has 0 atom stereocenters. The maximum Gasteiger partial charge on any atom is 0.0923 e. The van der Waals surface area contributed by atoms with Crippen LogP contribution in [0.1, 0.15) is 5.56 Å². The second-order valence-corrected chi connectivity index (χ2v) is 5.98. The molecule has 0 N–H and O–H groups in total. The number of rotatable bonds is 5. The van der Waals surface area contributed by atoms with Gasteiger partial charge in [0.05, 0.1) is 24.5 Å². The van der Waals surface area contributed by atoms with Crippen LogP contribution in [0.3, 0.4) is 0 Å². The summed E-state index contributed by atoms with van der Waals surface area (Å²) in [5.74, 6) is 0. The average molecular weight is 329 g/mol. The second-order valence-electron chi connectivity index (χ2n) is 5.98. The number of aromatic nitrogens is 5. The minimum absolute atomic E-state index is 0.792. The summed E-state index contributed by atoms with van der Waals surface area (Å²) >= 11 is 0. The molecule has 5 nitrogen and oxygen atoms in total. The summed E-state index contributed by atoms with van der Waals surface area (Å²) in [7, 11) is 0. The van der Waals surface area contributed by atoms with Crippen molar-refractivity contribution in [3.05, 3.63) is 78.9 Å². The van der Waals surface area contributed by atoms with E-state index in [4.69, 9.17) is 5.10 Å². The van der Waals surface area contributed by atoms with Gasteiger partial charge in [0.1, 0.15) is 0 Å². The molecule has 124 valence electrons. The van der Waals surface area contributed by atoms with E-state index in [0.717, 1.165) is 35.6 Å². The number of benzene rings is 1. The second kappa shape index (κ2) is 6.73. The number of nitrogens with zero attached hydrogens (tertiary/aromatic N) is 5. The van der Waals surface area contributed by atoms with E-state index in [-0.39, 0.29) is 0 Å². The fourth-order valence-corrected chi connectivity index (χ4v) is 2.89. The van der Waals surface area contributed by atoms with Crippen molar-refractivity contribution < 1.29 is 0 Å². The SMILES string of the molecule is Cc1cccnc1-c1cccc(-c2ccn(CCn3cccn3)n2)c1. The maximum absolute atomic E-state index is 4.69. The minimum Gasteiger partial charge on any atom is -0.271 e. The van der Waals surface area contributed by atoms with Gasteiger partial charge in [-0.25, -0.2) is 0 Å². The van der Waals surface area contributed by atoms with Crippen LogP contribution in [0.25, 0.3) is 22.5 Å². The lowest BCUT2D eigenvalue weighted by atomic mass is 10.0. The lowest BCUT2D eigenvalue weighted by Crippen LogP contribution is -2.08. The first-order chi connectivity index (χ1) is 12.3. The van der Waals surface area contributed by atoms with Gasteiger partial charge in [-0.1, -0.05) is 24.3 Å². The molecule has 0 aliphatic rings. The molecule has 0 aliphatic carbocycles. The van der Waals surface area contributed by atoms with Crippen LogP contribution in [0.4, 0.5) is 0 Å². The largest absolute Gasteiger partial charge is 0.271 e. The van der Waals surface area contributed by atoms with Crippen molar-refractivity contribution in [2.45, 2.75) is 20.0 Å². The first kappa shape index (κ1) is 15.3. The highest BCUT2D eigenvalue weighted by Gasteiger charge is 2.07. The third kappa shape index (κ3) is 3.35. The van der Waals surface area contributed by atoms with Gasteiger partial charge in [0.2, 0.25) is 0 Å². The molecule has 4 rings (SSSR count). The monoisotopic (exact) mass is 329 g/mol. The Hall–Kier alpha value is -3.21. The predicted molar refractivity (Wildman–Crippen MR) is 97.9 cm³/mol. The molecule has 0 saturated carbocycles. The van der Waals surface area contributed by atoms with Crippen LogP contribution in [0.2, 0.25) is 0 Å². The lowest BCUT2D eigenvalue weighted by Gasteiger charge is -2.06. The van der Waals surface area contributed by atoms with Crippen LogP contribution in [-0.4, -0.2) is 24.5 Å². The Bertz CT molecular complexity index is 969. The Morgan fingerprint density at radius 2 is 1.72 bits per heavy atom. The number of hydrogen-bond donors (Lipinski definition) is 0. The third-order valence-corrected chi connectivity index (χ3v) is 4.20. The van der Waals surface area contributed by atoms with E-state index in [2.05, 4.69) is 47.3 Å². The highest BCUT2D eigenvalue weighted by Crippen LogP contribution is 2.26. The van der Waals surface area contributed by atoms with E-state index in [0.29, 0.717) is 0 Å². The molecule has 0 spiro atoms. The van der Waals surface area contributed by atoms with Crippen molar-refractivity contribution in [3.8, 4) is 22.5 Å². The Kier molecular flexibility index (Phi) is 4.12. The van der Waals surface area contributed by atoms with Crippen molar-refractivity contribution in [1.29, 1.82) is 0 Å². The van der Waals surface area contributed by atoms with E-state index >= 15 is 0 Å². The molecule has 0 unspecified atom stereocenters. The van der Waals surface area contributed by atoms with Gasteiger partial charge in [0.25, 0.3) is 0 Å². The maximum atomic E-state index is 4.69. The summed E-state index contributed by atoms with van der Waals surface area (Å²) in [4.78, 5) is 4.51. The molecule has 3 heterocycles. The average Bonchev–Trinajstić information content (AvgIpc) is 3.32. The molecule has 5 heteroatoms. The zero-order valence-corrected chi connectivity index (χ0v) is 14.1. The molecule has 0 amide bonds. The molecule has 1 aromatic carbocycles. The van der Waals surface area contributed by atoms with E-state index in [1.165, 1.54) is 5.56 Å². The van der Waals surface area contributed by atoms with Crippen molar-refractivity contribution in [1.82, 2.24) is 24.5 Å². The molecule has 0 aliphatic heterocycles. The van der Waals surface area contributed by atoms with Crippen LogP contribution < -0.4 is 0 Å². The smallest absolute Gasteiger partial charge is 0.0923 e. The molecule has 0 radical (unpaired) electrons. The predicted octanol–water partition coefficient (Wildman–Crippen LogP) is 3.82. The number of aryl methyl sites for hydroxylation is 3. The van der Waals surface area contributed by atoms with Crippen molar-refractivity contribution >= 4 is 0 Å². The number of pyridine rings is 1. The van der Waals surface area contributed by atoms with E-state index in [1.54, 1.807) is 6.20 Å². The first-order valence-electron chi connectivity index (χ1n) is 8.33. The molecule has 4 aromatic rings. The molecule has 0 fully saturated rings. The topological polar surface area (TPSA) is 48.5 Å². The lowest BCUT2D eigenvalue weighted by molar-refractivity contribution is 0.501. The molecule has 0 bridgehead atoms. The van der Waals surface area contributed by atoms with Crippen molar-refractivity contribution in [2.24, 2.45) is 0 Å². The molecular formula is C20H19N5. The Morgan fingerprint density at radius 1 is 0.840 bits per heavy atom. The quantitative estimate of drug-likeness (QED) is 0.559. The molecule has 25 heavy (non-hydrogen) atoms. The van der Waals surface area contributed by atoms with Crippen molar-refractivity contribution in [3.63, 3.8) is 0 Å². The summed E-state index contributed by atoms with van der Waals surface area (Å²) in [5, 5.41) is 8.91. The van der Waals surface area contributed by atoms with Crippen molar-refractivity contribution in [2.75, 3.05) is 0 Å². The fraction of sp³-hybridized carbons (Fsp3) is 0.150. The minimum atomic E-state index is 0.792. The van der Waals surface area contributed by atoms with Crippen LogP contribution in [0.15, 0.2) is 73.3 Å². The summed E-state index contributed by atoms with van der Waals surface area (Å²) in [6.45, 7) is 3.68. The number of hydrogen-bond acceptors (Lipinski definition) is 3. The summed E-state index contributed by atoms with van der Waals surface area (Å²) < 4.78 is 3.86. The highest BCUT2D eigenvalue weighted by atomic mass is 15.3. The van der Waals surface area contributed by atoms with Crippen LogP contribution in [-0.2, 0) is 13.1 Å². The van der Waals surface area contributed by atoms with Gasteiger partial charge in [0.15, 0.2) is 0 Å². The van der Waals surface area contributed by atoms with Crippen LogP contribution in [0.5, 0.6) is 0 Å². The van der Waals surface area contributed by atoms with Gasteiger partial charge in [-0.2, -0.15) is 10.2 Å². The zero-order chi connectivity index (χ0) is 17.1. The highest BCUT2D eigenvalue weighted by molar-refractivity contribution is 5.70. The standard InChI is InChI=1S/C20H19N5/c1-16-5-3-9-21-20(16)18-7-2-6-17(15-18)19-8-12-25(23-19)14-13-24-11-4-10-22-24/h2-12,15H,13-14H2,1H3. The Morgan fingerprint density at radius 3 is 2.56 bits per heavy atom. The fourth-order valence-electron chi connectivity index (χ4n) is 2.89. The van der Waals surface area contributed by atoms with E-state index < -0.39 is 0 Å².